The Morgan fingerprint density at radius 3 is 2.36 bits per heavy atom. The van der Waals surface area contributed by atoms with Crippen LogP contribution in [0.15, 0.2) is 53.4 Å². The maximum absolute atomic E-state index is 8.82. The van der Waals surface area contributed by atoms with E-state index in [4.69, 9.17) is 14.7 Å². The number of thioether (sulfide) groups is 1. The van der Waals surface area contributed by atoms with Crippen molar-refractivity contribution in [2.45, 2.75) is 10.8 Å². The Balaban J connectivity index is 2.04. The number of ether oxygens (including phenoxy) is 2. The minimum Gasteiger partial charge on any atom is -0.497 e. The number of hydrogen-bond acceptors (Lipinski definition) is 5. The molecule has 1 N–H and O–H groups in total. The molecule has 0 saturated heterocycles. The summed E-state index contributed by atoms with van der Waals surface area (Å²) in [5.74, 6) is 2.53. The zero-order valence-electron chi connectivity index (χ0n) is 12.7. The van der Waals surface area contributed by atoms with Crippen LogP contribution in [0.5, 0.6) is 11.5 Å². The smallest absolute Gasteiger partial charge is 0.119 e. The van der Waals surface area contributed by atoms with Crippen LogP contribution >= 0.6 is 11.8 Å². The molecule has 0 saturated carbocycles. The lowest BCUT2D eigenvalue weighted by molar-refractivity contribution is -0.244. The van der Waals surface area contributed by atoms with Gasteiger partial charge in [-0.05, 0) is 35.9 Å². The highest BCUT2D eigenvalue weighted by Crippen LogP contribution is 2.29. The van der Waals surface area contributed by atoms with Gasteiger partial charge in [-0.3, -0.25) is 5.26 Å². The molecule has 0 amide bonds. The van der Waals surface area contributed by atoms with Gasteiger partial charge in [0.25, 0.3) is 0 Å². The lowest BCUT2D eigenvalue weighted by Gasteiger charge is -2.16. The van der Waals surface area contributed by atoms with Gasteiger partial charge in [-0.15, -0.1) is 11.8 Å². The van der Waals surface area contributed by atoms with Crippen LogP contribution < -0.4 is 9.47 Å². The Morgan fingerprint density at radius 2 is 1.73 bits per heavy atom. The van der Waals surface area contributed by atoms with E-state index in [1.165, 1.54) is 0 Å². The van der Waals surface area contributed by atoms with Gasteiger partial charge in [0.15, 0.2) is 0 Å². The highest BCUT2D eigenvalue weighted by Gasteiger charge is 2.13. The van der Waals surface area contributed by atoms with Crippen molar-refractivity contribution in [3.05, 3.63) is 54.1 Å². The lowest BCUT2D eigenvalue weighted by atomic mass is 10.0. The largest absolute Gasteiger partial charge is 0.497 e. The molecule has 0 spiro atoms. The first-order valence-electron chi connectivity index (χ1n) is 6.94. The van der Waals surface area contributed by atoms with E-state index in [0.717, 1.165) is 27.7 Å². The van der Waals surface area contributed by atoms with Crippen molar-refractivity contribution in [1.29, 1.82) is 0 Å². The molecule has 5 heteroatoms. The van der Waals surface area contributed by atoms with Crippen LogP contribution in [0.3, 0.4) is 0 Å². The van der Waals surface area contributed by atoms with Gasteiger partial charge < -0.3 is 9.47 Å². The molecular weight excluding hydrogens is 300 g/mol. The van der Waals surface area contributed by atoms with Gasteiger partial charge in [-0.25, -0.2) is 4.89 Å². The van der Waals surface area contributed by atoms with Gasteiger partial charge in [0.1, 0.15) is 11.5 Å². The lowest BCUT2D eigenvalue weighted by Crippen LogP contribution is -2.09. The average Bonchev–Trinajstić information content (AvgIpc) is 2.59. The SMILES string of the molecule is COc1ccc(C(COO)CSc2cccc(OC)c2)cc1. The number of rotatable bonds is 8. The maximum Gasteiger partial charge on any atom is 0.119 e. The van der Waals surface area contributed by atoms with Gasteiger partial charge >= 0.3 is 0 Å². The Hall–Kier alpha value is -1.69. The minimum absolute atomic E-state index is 0.0899. The molecule has 22 heavy (non-hydrogen) atoms. The second-order valence-electron chi connectivity index (χ2n) is 4.76. The van der Waals surface area contributed by atoms with Crippen LogP contribution in [-0.4, -0.2) is 31.8 Å². The van der Waals surface area contributed by atoms with Crippen molar-refractivity contribution >= 4 is 11.8 Å². The van der Waals surface area contributed by atoms with Gasteiger partial charge in [0.05, 0.1) is 20.8 Å². The van der Waals surface area contributed by atoms with Crippen LogP contribution in [0, 0.1) is 0 Å². The van der Waals surface area contributed by atoms with Crippen LogP contribution in [0.4, 0.5) is 0 Å². The zero-order chi connectivity index (χ0) is 15.8. The van der Waals surface area contributed by atoms with Crippen molar-refractivity contribution in [2.75, 3.05) is 26.6 Å². The van der Waals surface area contributed by atoms with Crippen molar-refractivity contribution < 1.29 is 19.6 Å². The Morgan fingerprint density at radius 1 is 1.00 bits per heavy atom. The third kappa shape index (κ3) is 4.66. The summed E-state index contributed by atoms with van der Waals surface area (Å²) in [5, 5.41) is 8.82. The number of benzene rings is 2. The molecular formula is C17H20O4S. The molecule has 2 aromatic carbocycles. The van der Waals surface area contributed by atoms with E-state index in [1.807, 2.05) is 48.5 Å². The first kappa shape index (κ1) is 16.7. The second-order valence-corrected chi connectivity index (χ2v) is 5.85. The van der Waals surface area contributed by atoms with E-state index in [1.54, 1.807) is 26.0 Å². The average molecular weight is 320 g/mol. The van der Waals surface area contributed by atoms with E-state index in [-0.39, 0.29) is 12.5 Å². The fraction of sp³-hybridized carbons (Fsp3) is 0.294. The quantitative estimate of drug-likeness (QED) is 0.451. The monoisotopic (exact) mass is 320 g/mol. The number of methoxy groups -OCH3 is 2. The first-order valence-corrected chi connectivity index (χ1v) is 7.92. The molecule has 1 atom stereocenters. The molecule has 4 nitrogen and oxygen atoms in total. The molecule has 0 aliphatic carbocycles. The van der Waals surface area contributed by atoms with Crippen LogP contribution in [0.2, 0.25) is 0 Å². The molecule has 0 heterocycles. The molecule has 2 aromatic rings. The summed E-state index contributed by atoms with van der Waals surface area (Å²) in [4.78, 5) is 5.50. The fourth-order valence-corrected chi connectivity index (χ4v) is 3.15. The van der Waals surface area contributed by atoms with E-state index in [0.29, 0.717) is 0 Å². The molecule has 0 bridgehead atoms. The van der Waals surface area contributed by atoms with Crippen molar-refractivity contribution in [3.8, 4) is 11.5 Å². The van der Waals surface area contributed by atoms with E-state index < -0.39 is 0 Å². The summed E-state index contributed by atoms with van der Waals surface area (Å²) < 4.78 is 10.4. The maximum atomic E-state index is 8.82. The highest BCUT2D eigenvalue weighted by molar-refractivity contribution is 7.99. The minimum atomic E-state index is 0.0899. The van der Waals surface area contributed by atoms with Gasteiger partial charge in [-0.1, -0.05) is 18.2 Å². The van der Waals surface area contributed by atoms with Gasteiger partial charge in [-0.2, -0.15) is 0 Å². The molecule has 0 aromatic heterocycles. The zero-order valence-corrected chi connectivity index (χ0v) is 13.5. The predicted molar refractivity (Wildman–Crippen MR) is 88.0 cm³/mol. The van der Waals surface area contributed by atoms with Gasteiger partial charge in [0, 0.05) is 16.6 Å². The molecule has 1 unspecified atom stereocenters. The van der Waals surface area contributed by atoms with Crippen LogP contribution in [0.25, 0.3) is 0 Å². The molecule has 0 radical (unpaired) electrons. The summed E-state index contributed by atoms with van der Waals surface area (Å²) >= 11 is 1.70. The fourth-order valence-electron chi connectivity index (χ4n) is 2.09. The van der Waals surface area contributed by atoms with E-state index in [9.17, 15) is 0 Å². The summed E-state index contributed by atoms with van der Waals surface area (Å²) in [6.07, 6.45) is 0. The van der Waals surface area contributed by atoms with Crippen LogP contribution in [-0.2, 0) is 4.89 Å². The van der Waals surface area contributed by atoms with E-state index in [2.05, 4.69) is 4.89 Å². The Labute approximate surface area is 135 Å². The summed E-state index contributed by atoms with van der Waals surface area (Å²) in [6.45, 7) is 0.253. The Bertz CT molecular complexity index is 571. The highest BCUT2D eigenvalue weighted by atomic mass is 32.2. The van der Waals surface area contributed by atoms with Gasteiger partial charge in [0.2, 0.25) is 0 Å². The molecule has 118 valence electrons. The standard InChI is InChI=1S/C17H20O4S/c1-19-15-8-6-13(7-9-15)14(11-21-18)12-22-17-5-3-4-16(10-17)20-2/h3-10,14,18H,11-12H2,1-2H3. The first-order chi connectivity index (χ1) is 10.8. The Kier molecular flexibility index (Phi) is 6.58. The molecule has 0 fully saturated rings. The molecule has 0 aliphatic rings. The normalized spacial score (nSPS) is 12.0. The third-order valence-electron chi connectivity index (χ3n) is 3.36. The molecule has 2 rings (SSSR count). The van der Waals surface area contributed by atoms with Crippen LogP contribution in [0.1, 0.15) is 11.5 Å². The second kappa shape index (κ2) is 8.68. The van der Waals surface area contributed by atoms with Crippen molar-refractivity contribution in [2.24, 2.45) is 0 Å². The summed E-state index contributed by atoms with van der Waals surface area (Å²) in [5.41, 5.74) is 1.10. The van der Waals surface area contributed by atoms with E-state index >= 15 is 0 Å². The van der Waals surface area contributed by atoms with Crippen molar-refractivity contribution in [3.63, 3.8) is 0 Å². The topological polar surface area (TPSA) is 47.9 Å². The van der Waals surface area contributed by atoms with Crippen molar-refractivity contribution in [1.82, 2.24) is 0 Å². The summed E-state index contributed by atoms with van der Waals surface area (Å²) in [7, 11) is 3.30. The predicted octanol–water partition coefficient (Wildman–Crippen LogP) is 4.07. The third-order valence-corrected chi connectivity index (χ3v) is 4.51. The molecule has 0 aliphatic heterocycles. The number of hydrogen-bond donors (Lipinski definition) is 1. The summed E-state index contributed by atoms with van der Waals surface area (Å²) in [6, 6.07) is 15.7.